The molecule has 2 aromatic carbocycles. The minimum absolute atomic E-state index is 0.0729. The van der Waals surface area contributed by atoms with Crippen molar-refractivity contribution < 1.29 is 5.11 Å². The third-order valence-corrected chi connectivity index (χ3v) is 3.90. The van der Waals surface area contributed by atoms with Gasteiger partial charge in [0.05, 0.1) is 6.10 Å². The molecule has 0 bridgehead atoms. The predicted octanol–water partition coefficient (Wildman–Crippen LogP) is 3.39. The monoisotopic (exact) mass is 269 g/mol. The standard InChI is InChI=1S/C18H23NO/c1-12-9-13(2)17(14(3)10-12)18(20)16(11-19)15-7-5-4-6-8-15/h4-10,16,18,20H,11,19H2,1-3H3/t16-,18-/m0/s1. The van der Waals surface area contributed by atoms with Gasteiger partial charge in [-0.3, -0.25) is 0 Å². The normalized spacial score (nSPS) is 14.1. The minimum atomic E-state index is -0.567. The first-order valence-corrected chi connectivity index (χ1v) is 7.05. The summed E-state index contributed by atoms with van der Waals surface area (Å²) in [7, 11) is 0. The van der Waals surface area contributed by atoms with Gasteiger partial charge in [-0.2, -0.15) is 0 Å². The van der Waals surface area contributed by atoms with Crippen LogP contribution in [0.3, 0.4) is 0 Å². The van der Waals surface area contributed by atoms with Crippen LogP contribution in [0.1, 0.15) is 39.8 Å². The maximum Gasteiger partial charge on any atom is 0.0875 e. The summed E-state index contributed by atoms with van der Waals surface area (Å²) >= 11 is 0. The van der Waals surface area contributed by atoms with Gasteiger partial charge in [0.25, 0.3) is 0 Å². The number of aryl methyl sites for hydroxylation is 3. The Morgan fingerprint density at radius 3 is 2.05 bits per heavy atom. The zero-order valence-electron chi connectivity index (χ0n) is 12.4. The molecule has 2 heteroatoms. The fourth-order valence-corrected chi connectivity index (χ4v) is 3.01. The van der Waals surface area contributed by atoms with Crippen molar-refractivity contribution in [2.24, 2.45) is 5.73 Å². The van der Waals surface area contributed by atoms with Gasteiger partial charge in [-0.25, -0.2) is 0 Å². The fourth-order valence-electron chi connectivity index (χ4n) is 3.01. The highest BCUT2D eigenvalue weighted by molar-refractivity contribution is 5.41. The maximum atomic E-state index is 10.8. The van der Waals surface area contributed by atoms with E-state index in [1.807, 2.05) is 30.3 Å². The molecule has 0 amide bonds. The SMILES string of the molecule is Cc1cc(C)c([C@@H](O)[C@@H](CN)c2ccccc2)c(C)c1. The fraction of sp³-hybridized carbons (Fsp3) is 0.333. The topological polar surface area (TPSA) is 46.2 Å². The van der Waals surface area contributed by atoms with E-state index < -0.39 is 6.10 Å². The molecule has 0 heterocycles. The lowest BCUT2D eigenvalue weighted by molar-refractivity contribution is 0.146. The number of hydrogen-bond acceptors (Lipinski definition) is 2. The first-order chi connectivity index (χ1) is 9.54. The third kappa shape index (κ3) is 2.92. The molecule has 20 heavy (non-hydrogen) atoms. The third-order valence-electron chi connectivity index (χ3n) is 3.90. The van der Waals surface area contributed by atoms with E-state index in [0.717, 1.165) is 22.3 Å². The van der Waals surface area contributed by atoms with Gasteiger partial charge >= 0.3 is 0 Å². The van der Waals surface area contributed by atoms with Crippen LogP contribution < -0.4 is 5.73 Å². The molecule has 2 nitrogen and oxygen atoms in total. The molecule has 0 aliphatic carbocycles. The van der Waals surface area contributed by atoms with Crippen molar-refractivity contribution in [3.8, 4) is 0 Å². The van der Waals surface area contributed by atoms with Crippen LogP contribution in [0.25, 0.3) is 0 Å². The number of hydrogen-bond donors (Lipinski definition) is 2. The smallest absolute Gasteiger partial charge is 0.0875 e. The molecule has 2 aromatic rings. The number of rotatable bonds is 4. The summed E-state index contributed by atoms with van der Waals surface area (Å²) in [5.41, 5.74) is 11.5. The first kappa shape index (κ1) is 14.8. The van der Waals surface area contributed by atoms with Gasteiger partial charge < -0.3 is 10.8 Å². The Morgan fingerprint density at radius 1 is 1.00 bits per heavy atom. The van der Waals surface area contributed by atoms with Crippen molar-refractivity contribution in [3.63, 3.8) is 0 Å². The molecule has 0 aliphatic heterocycles. The number of nitrogens with two attached hydrogens (primary N) is 1. The van der Waals surface area contributed by atoms with Crippen LogP contribution in [0.5, 0.6) is 0 Å². The van der Waals surface area contributed by atoms with Crippen molar-refractivity contribution in [1.29, 1.82) is 0 Å². The van der Waals surface area contributed by atoms with Crippen molar-refractivity contribution in [3.05, 3.63) is 70.3 Å². The number of aliphatic hydroxyl groups is 1. The maximum absolute atomic E-state index is 10.8. The number of aliphatic hydroxyl groups excluding tert-OH is 1. The molecule has 0 saturated carbocycles. The van der Waals surface area contributed by atoms with E-state index in [0.29, 0.717) is 6.54 Å². The highest BCUT2D eigenvalue weighted by Crippen LogP contribution is 2.34. The summed E-state index contributed by atoms with van der Waals surface area (Å²) in [6, 6.07) is 14.2. The molecule has 0 aromatic heterocycles. The van der Waals surface area contributed by atoms with E-state index in [2.05, 4.69) is 32.9 Å². The molecule has 0 saturated heterocycles. The Labute approximate surface area is 121 Å². The van der Waals surface area contributed by atoms with E-state index in [9.17, 15) is 5.11 Å². The molecular weight excluding hydrogens is 246 g/mol. The van der Waals surface area contributed by atoms with Gasteiger partial charge in [0, 0.05) is 12.5 Å². The van der Waals surface area contributed by atoms with Crippen LogP contribution in [-0.4, -0.2) is 11.7 Å². The Hall–Kier alpha value is -1.64. The van der Waals surface area contributed by atoms with Crippen LogP contribution in [-0.2, 0) is 0 Å². The Balaban J connectivity index is 2.42. The second-order valence-electron chi connectivity index (χ2n) is 5.51. The van der Waals surface area contributed by atoms with Crippen LogP contribution >= 0.6 is 0 Å². The van der Waals surface area contributed by atoms with Gasteiger partial charge in [0.2, 0.25) is 0 Å². The average molecular weight is 269 g/mol. The van der Waals surface area contributed by atoms with Crippen molar-refractivity contribution in [2.45, 2.75) is 32.8 Å². The van der Waals surface area contributed by atoms with E-state index in [1.165, 1.54) is 5.56 Å². The van der Waals surface area contributed by atoms with Crippen molar-refractivity contribution >= 4 is 0 Å². The van der Waals surface area contributed by atoms with E-state index in [4.69, 9.17) is 5.73 Å². The Kier molecular flexibility index (Phi) is 4.58. The summed E-state index contributed by atoms with van der Waals surface area (Å²) in [5, 5.41) is 10.8. The molecular formula is C18H23NO. The van der Waals surface area contributed by atoms with E-state index in [-0.39, 0.29) is 5.92 Å². The molecule has 0 aliphatic rings. The van der Waals surface area contributed by atoms with Gasteiger partial charge in [0.15, 0.2) is 0 Å². The molecule has 2 rings (SSSR count). The summed E-state index contributed by atoms with van der Waals surface area (Å²) < 4.78 is 0. The molecule has 0 spiro atoms. The lowest BCUT2D eigenvalue weighted by Crippen LogP contribution is -2.21. The van der Waals surface area contributed by atoms with Crippen LogP contribution in [0.4, 0.5) is 0 Å². The number of benzene rings is 2. The molecule has 0 fully saturated rings. The molecule has 3 N–H and O–H groups in total. The second kappa shape index (κ2) is 6.21. The Morgan fingerprint density at radius 2 is 1.55 bits per heavy atom. The lowest BCUT2D eigenvalue weighted by Gasteiger charge is -2.25. The summed E-state index contributed by atoms with van der Waals surface area (Å²) in [4.78, 5) is 0. The van der Waals surface area contributed by atoms with Crippen LogP contribution in [0.15, 0.2) is 42.5 Å². The zero-order chi connectivity index (χ0) is 14.7. The molecule has 106 valence electrons. The summed E-state index contributed by atoms with van der Waals surface area (Å²) in [6.45, 7) is 6.61. The minimum Gasteiger partial charge on any atom is -0.388 e. The van der Waals surface area contributed by atoms with Crippen molar-refractivity contribution in [1.82, 2.24) is 0 Å². The Bertz CT molecular complexity index is 554. The highest BCUT2D eigenvalue weighted by Gasteiger charge is 2.24. The van der Waals surface area contributed by atoms with Crippen molar-refractivity contribution in [2.75, 3.05) is 6.54 Å². The summed E-state index contributed by atoms with van der Waals surface area (Å²) in [6.07, 6.45) is -0.567. The zero-order valence-corrected chi connectivity index (χ0v) is 12.4. The van der Waals surface area contributed by atoms with Gasteiger partial charge in [-0.15, -0.1) is 0 Å². The van der Waals surface area contributed by atoms with Gasteiger partial charge in [-0.05, 0) is 43.0 Å². The lowest BCUT2D eigenvalue weighted by atomic mass is 9.85. The largest absolute Gasteiger partial charge is 0.388 e. The second-order valence-corrected chi connectivity index (χ2v) is 5.51. The molecule has 2 atom stereocenters. The quantitative estimate of drug-likeness (QED) is 0.893. The van der Waals surface area contributed by atoms with Crippen LogP contribution in [0, 0.1) is 20.8 Å². The predicted molar refractivity (Wildman–Crippen MR) is 83.9 cm³/mol. The van der Waals surface area contributed by atoms with Gasteiger partial charge in [-0.1, -0.05) is 48.0 Å². The van der Waals surface area contributed by atoms with E-state index >= 15 is 0 Å². The van der Waals surface area contributed by atoms with E-state index in [1.54, 1.807) is 0 Å². The first-order valence-electron chi connectivity index (χ1n) is 7.05. The molecule has 0 radical (unpaired) electrons. The molecule has 0 unspecified atom stereocenters. The summed E-state index contributed by atoms with van der Waals surface area (Å²) in [5.74, 6) is -0.0729. The average Bonchev–Trinajstić information content (AvgIpc) is 2.39. The van der Waals surface area contributed by atoms with Crippen LogP contribution in [0.2, 0.25) is 0 Å². The van der Waals surface area contributed by atoms with Gasteiger partial charge in [0.1, 0.15) is 0 Å². The highest BCUT2D eigenvalue weighted by atomic mass is 16.3.